The molecular weight excluding hydrogens is 332 g/mol. The minimum absolute atomic E-state index is 0.212. The molecule has 3 nitrogen and oxygen atoms in total. The maximum absolute atomic E-state index is 11.1. The first-order valence-corrected chi connectivity index (χ1v) is 6.57. The number of aromatic carboxylic acids is 1. The quantitative estimate of drug-likeness (QED) is 0.895. The van der Waals surface area contributed by atoms with Crippen LogP contribution in [0.1, 0.15) is 10.4 Å². The third kappa shape index (κ3) is 2.91. The molecule has 0 aliphatic rings. The molecule has 19 heavy (non-hydrogen) atoms. The molecule has 0 heterocycles. The van der Waals surface area contributed by atoms with Gasteiger partial charge in [-0.3, -0.25) is 0 Å². The Morgan fingerprint density at radius 1 is 1.21 bits per heavy atom. The zero-order valence-electron chi connectivity index (χ0n) is 9.98. The molecule has 0 unspecified atom stereocenters. The lowest BCUT2D eigenvalue weighted by Gasteiger charge is -2.08. The Morgan fingerprint density at radius 3 is 2.42 bits per heavy atom. The fraction of sp³-hybridized carbons (Fsp3) is 0.0714. The largest absolute Gasteiger partial charge is 0.495 e. The molecule has 1 N–H and O–H groups in total. The first-order valence-electron chi connectivity index (χ1n) is 5.39. The van der Waals surface area contributed by atoms with E-state index in [1.165, 1.54) is 0 Å². The molecular formula is C14H10BrClO3. The van der Waals surface area contributed by atoms with E-state index >= 15 is 0 Å². The van der Waals surface area contributed by atoms with Gasteiger partial charge < -0.3 is 9.84 Å². The highest BCUT2D eigenvalue weighted by Gasteiger charge is 2.11. The number of ether oxygens (including phenoxy) is 1. The Labute approximate surface area is 123 Å². The lowest BCUT2D eigenvalue weighted by atomic mass is 10.0. The summed E-state index contributed by atoms with van der Waals surface area (Å²) in [7, 11) is 1.54. The van der Waals surface area contributed by atoms with E-state index in [9.17, 15) is 4.79 Å². The van der Waals surface area contributed by atoms with Crippen molar-refractivity contribution >= 4 is 33.5 Å². The number of hydrogen-bond donors (Lipinski definition) is 1. The number of benzene rings is 2. The van der Waals surface area contributed by atoms with Gasteiger partial charge >= 0.3 is 5.97 Å². The minimum atomic E-state index is -0.978. The molecule has 5 heteroatoms. The molecule has 0 aliphatic heterocycles. The van der Waals surface area contributed by atoms with E-state index in [0.717, 1.165) is 11.1 Å². The van der Waals surface area contributed by atoms with Crippen molar-refractivity contribution in [2.75, 3.05) is 7.11 Å². The van der Waals surface area contributed by atoms with Gasteiger partial charge in [-0.2, -0.15) is 0 Å². The van der Waals surface area contributed by atoms with E-state index in [-0.39, 0.29) is 5.56 Å². The van der Waals surface area contributed by atoms with Crippen LogP contribution in [0.5, 0.6) is 5.75 Å². The molecule has 0 spiro atoms. The van der Waals surface area contributed by atoms with Crippen LogP contribution in [0.3, 0.4) is 0 Å². The summed E-state index contributed by atoms with van der Waals surface area (Å²) in [6.07, 6.45) is 0. The average molecular weight is 342 g/mol. The van der Waals surface area contributed by atoms with Crippen molar-refractivity contribution in [3.8, 4) is 16.9 Å². The Hall–Kier alpha value is -1.52. The lowest BCUT2D eigenvalue weighted by molar-refractivity contribution is 0.0696. The summed E-state index contributed by atoms with van der Waals surface area (Å²) >= 11 is 9.28. The SMILES string of the molecule is COc1ccc(-c2ccc(Br)c(C(=O)O)c2)cc1Cl. The van der Waals surface area contributed by atoms with Crippen LogP contribution in [0.15, 0.2) is 40.9 Å². The molecule has 0 atom stereocenters. The molecule has 98 valence electrons. The molecule has 0 saturated heterocycles. The average Bonchev–Trinajstić information content (AvgIpc) is 2.38. The van der Waals surface area contributed by atoms with Crippen LogP contribution >= 0.6 is 27.5 Å². The zero-order valence-corrected chi connectivity index (χ0v) is 12.3. The normalized spacial score (nSPS) is 10.3. The van der Waals surface area contributed by atoms with Crippen LogP contribution < -0.4 is 4.74 Å². The molecule has 2 aromatic rings. The van der Waals surface area contributed by atoms with E-state index in [4.69, 9.17) is 21.4 Å². The first kappa shape index (κ1) is 13.9. The lowest BCUT2D eigenvalue weighted by Crippen LogP contribution is -1.97. The van der Waals surface area contributed by atoms with Crippen molar-refractivity contribution in [1.29, 1.82) is 0 Å². The number of halogens is 2. The molecule has 0 radical (unpaired) electrons. The maximum Gasteiger partial charge on any atom is 0.336 e. The Balaban J connectivity index is 2.50. The van der Waals surface area contributed by atoms with E-state index in [0.29, 0.717) is 15.2 Å². The van der Waals surface area contributed by atoms with E-state index in [1.54, 1.807) is 31.4 Å². The minimum Gasteiger partial charge on any atom is -0.495 e. The second-order valence-corrected chi connectivity index (χ2v) is 5.11. The van der Waals surface area contributed by atoms with Gasteiger partial charge in [-0.15, -0.1) is 0 Å². The summed E-state index contributed by atoms with van der Waals surface area (Å²) in [6.45, 7) is 0. The molecule has 0 saturated carbocycles. The summed E-state index contributed by atoms with van der Waals surface area (Å²) in [5.41, 5.74) is 1.83. The Morgan fingerprint density at radius 2 is 1.84 bits per heavy atom. The number of rotatable bonds is 3. The van der Waals surface area contributed by atoms with Gasteiger partial charge in [-0.1, -0.05) is 23.7 Å². The van der Waals surface area contributed by atoms with Gasteiger partial charge in [0, 0.05) is 4.47 Å². The highest BCUT2D eigenvalue weighted by Crippen LogP contribution is 2.31. The van der Waals surface area contributed by atoms with Gasteiger partial charge in [-0.25, -0.2) is 4.79 Å². The van der Waals surface area contributed by atoms with Crippen LogP contribution in [0.2, 0.25) is 5.02 Å². The van der Waals surface area contributed by atoms with Crippen molar-refractivity contribution in [2.24, 2.45) is 0 Å². The van der Waals surface area contributed by atoms with Gasteiger partial charge in [0.15, 0.2) is 0 Å². The smallest absolute Gasteiger partial charge is 0.336 e. The van der Waals surface area contributed by atoms with Crippen LogP contribution in [0, 0.1) is 0 Å². The van der Waals surface area contributed by atoms with Gasteiger partial charge in [0.25, 0.3) is 0 Å². The zero-order chi connectivity index (χ0) is 14.0. The van der Waals surface area contributed by atoms with Crippen molar-refractivity contribution in [1.82, 2.24) is 0 Å². The van der Waals surface area contributed by atoms with Gasteiger partial charge in [0.2, 0.25) is 0 Å². The van der Waals surface area contributed by atoms with Crippen LogP contribution in [0.4, 0.5) is 0 Å². The summed E-state index contributed by atoms with van der Waals surface area (Å²) in [5, 5.41) is 9.58. The topological polar surface area (TPSA) is 46.5 Å². The molecule has 0 amide bonds. The Bertz CT molecular complexity index is 641. The maximum atomic E-state index is 11.1. The summed E-state index contributed by atoms with van der Waals surface area (Å²) < 4.78 is 5.63. The fourth-order valence-corrected chi connectivity index (χ4v) is 2.39. The predicted octanol–water partition coefficient (Wildman–Crippen LogP) is 4.48. The molecule has 2 aromatic carbocycles. The molecule has 0 bridgehead atoms. The summed E-state index contributed by atoms with van der Waals surface area (Å²) in [5.74, 6) is -0.394. The Kier molecular flexibility index (Phi) is 4.12. The summed E-state index contributed by atoms with van der Waals surface area (Å²) in [4.78, 5) is 11.1. The molecule has 0 fully saturated rings. The molecule has 2 rings (SSSR count). The second kappa shape index (κ2) is 5.63. The summed E-state index contributed by atoms with van der Waals surface area (Å²) in [6, 6.07) is 10.5. The third-order valence-electron chi connectivity index (χ3n) is 2.68. The predicted molar refractivity (Wildman–Crippen MR) is 78.1 cm³/mol. The standard InChI is InChI=1S/C14H10BrClO3/c1-19-13-5-3-9(7-12(13)16)8-2-4-11(15)10(6-8)14(17)18/h2-7H,1H3,(H,17,18). The van der Waals surface area contributed by atoms with Gasteiger partial charge in [-0.05, 0) is 51.3 Å². The van der Waals surface area contributed by atoms with Crippen LogP contribution in [0.25, 0.3) is 11.1 Å². The number of carboxylic acids is 1. The van der Waals surface area contributed by atoms with E-state index in [1.807, 2.05) is 12.1 Å². The highest BCUT2D eigenvalue weighted by atomic mass is 79.9. The van der Waals surface area contributed by atoms with Crippen molar-refractivity contribution in [2.45, 2.75) is 0 Å². The van der Waals surface area contributed by atoms with E-state index in [2.05, 4.69) is 15.9 Å². The molecule has 0 aromatic heterocycles. The second-order valence-electron chi connectivity index (χ2n) is 3.85. The number of methoxy groups -OCH3 is 1. The van der Waals surface area contributed by atoms with Gasteiger partial charge in [0.1, 0.15) is 5.75 Å². The fourth-order valence-electron chi connectivity index (χ4n) is 1.71. The highest BCUT2D eigenvalue weighted by molar-refractivity contribution is 9.10. The van der Waals surface area contributed by atoms with Gasteiger partial charge in [0.05, 0.1) is 17.7 Å². The first-order chi connectivity index (χ1) is 9.02. The van der Waals surface area contributed by atoms with Crippen LogP contribution in [-0.2, 0) is 0 Å². The molecule has 0 aliphatic carbocycles. The number of hydrogen-bond acceptors (Lipinski definition) is 2. The number of carboxylic acid groups (broad SMARTS) is 1. The van der Waals surface area contributed by atoms with Crippen molar-refractivity contribution in [3.63, 3.8) is 0 Å². The van der Waals surface area contributed by atoms with Crippen molar-refractivity contribution in [3.05, 3.63) is 51.5 Å². The number of carbonyl (C=O) groups is 1. The third-order valence-corrected chi connectivity index (χ3v) is 3.67. The van der Waals surface area contributed by atoms with E-state index < -0.39 is 5.97 Å². The van der Waals surface area contributed by atoms with Crippen molar-refractivity contribution < 1.29 is 14.6 Å². The monoisotopic (exact) mass is 340 g/mol. The van der Waals surface area contributed by atoms with Crippen LogP contribution in [-0.4, -0.2) is 18.2 Å².